The Kier molecular flexibility index (Phi) is 6.18. The topological polar surface area (TPSA) is 67.9 Å². The van der Waals surface area contributed by atoms with Gasteiger partial charge in [-0.2, -0.15) is 0 Å². The SMILES string of the molecule is C[C@H]1CC=C[C@H]2[C@@H]3O[C@]3(C)[C@@H](C)[C@H]3[C@H](Cc4ccccc4)NC(=O)[C@]32OC(=O)C=CCCCC1. The van der Waals surface area contributed by atoms with Gasteiger partial charge in [0, 0.05) is 18.0 Å². The van der Waals surface area contributed by atoms with Crippen LogP contribution in [0.15, 0.2) is 54.6 Å². The lowest BCUT2D eigenvalue weighted by molar-refractivity contribution is -0.177. The van der Waals surface area contributed by atoms with Gasteiger partial charge in [0.1, 0.15) is 0 Å². The Morgan fingerprint density at radius 3 is 2.68 bits per heavy atom. The molecule has 1 amide bonds. The van der Waals surface area contributed by atoms with Crippen molar-refractivity contribution in [3.63, 3.8) is 0 Å². The Bertz CT molecular complexity index is 987. The molecule has 8 atom stereocenters. The van der Waals surface area contributed by atoms with Gasteiger partial charge in [-0.05, 0) is 50.0 Å². The summed E-state index contributed by atoms with van der Waals surface area (Å²) in [5, 5.41) is 3.26. The quantitative estimate of drug-likeness (QED) is 0.390. The molecule has 1 saturated carbocycles. The van der Waals surface area contributed by atoms with Crippen molar-refractivity contribution in [2.75, 3.05) is 0 Å². The van der Waals surface area contributed by atoms with Crippen LogP contribution >= 0.6 is 0 Å². The summed E-state index contributed by atoms with van der Waals surface area (Å²) in [5.74, 6) is -0.451. The molecule has 1 N–H and O–H groups in total. The first kappa shape index (κ1) is 23.3. The molecule has 1 aromatic rings. The van der Waals surface area contributed by atoms with Crippen molar-refractivity contribution in [1.29, 1.82) is 0 Å². The average molecular weight is 464 g/mol. The van der Waals surface area contributed by atoms with Crippen LogP contribution in [0.25, 0.3) is 0 Å². The number of rotatable bonds is 2. The van der Waals surface area contributed by atoms with E-state index in [1.807, 2.05) is 24.3 Å². The first-order valence-corrected chi connectivity index (χ1v) is 12.9. The number of amides is 1. The number of nitrogens with one attached hydrogen (secondary N) is 1. The van der Waals surface area contributed by atoms with Crippen molar-refractivity contribution in [3.05, 3.63) is 60.2 Å². The van der Waals surface area contributed by atoms with Gasteiger partial charge in [0.05, 0.1) is 17.6 Å². The number of fused-ring (bicyclic) bond motifs is 2. The van der Waals surface area contributed by atoms with Crippen LogP contribution in [-0.4, -0.2) is 35.2 Å². The molecule has 182 valence electrons. The predicted octanol–water partition coefficient (Wildman–Crippen LogP) is 4.76. The third-order valence-corrected chi connectivity index (χ3v) is 8.77. The number of hydrogen-bond acceptors (Lipinski definition) is 4. The Labute approximate surface area is 203 Å². The number of hydrogen-bond donors (Lipinski definition) is 1. The first-order valence-electron chi connectivity index (χ1n) is 12.9. The summed E-state index contributed by atoms with van der Waals surface area (Å²) in [5.41, 5.74) is -0.414. The zero-order valence-corrected chi connectivity index (χ0v) is 20.5. The van der Waals surface area contributed by atoms with E-state index < -0.39 is 11.6 Å². The second kappa shape index (κ2) is 8.99. The summed E-state index contributed by atoms with van der Waals surface area (Å²) in [4.78, 5) is 26.9. The van der Waals surface area contributed by atoms with Crippen LogP contribution in [0.2, 0.25) is 0 Å². The molecule has 0 unspecified atom stereocenters. The molecule has 5 nitrogen and oxygen atoms in total. The average Bonchev–Trinajstić information content (AvgIpc) is 3.43. The molecule has 3 fully saturated rings. The number of carbonyl (C=O) groups is 2. The molecule has 1 aliphatic carbocycles. The summed E-state index contributed by atoms with van der Waals surface area (Å²) in [6.07, 6.45) is 13.5. The van der Waals surface area contributed by atoms with Crippen LogP contribution in [0.4, 0.5) is 0 Å². The smallest absolute Gasteiger partial charge is 0.331 e. The largest absolute Gasteiger partial charge is 0.445 e. The summed E-state index contributed by atoms with van der Waals surface area (Å²) < 4.78 is 12.6. The van der Waals surface area contributed by atoms with Gasteiger partial charge < -0.3 is 14.8 Å². The highest BCUT2D eigenvalue weighted by Gasteiger charge is 2.78. The summed E-state index contributed by atoms with van der Waals surface area (Å²) in [7, 11) is 0. The Morgan fingerprint density at radius 2 is 1.88 bits per heavy atom. The molecule has 0 aromatic heterocycles. The van der Waals surface area contributed by atoms with E-state index >= 15 is 0 Å². The maximum Gasteiger partial charge on any atom is 0.331 e. The molecule has 0 bridgehead atoms. The van der Waals surface area contributed by atoms with Crippen molar-refractivity contribution >= 4 is 11.9 Å². The monoisotopic (exact) mass is 463 g/mol. The fourth-order valence-electron chi connectivity index (χ4n) is 6.71. The van der Waals surface area contributed by atoms with Gasteiger partial charge in [-0.25, -0.2) is 4.79 Å². The van der Waals surface area contributed by atoms with Crippen LogP contribution in [0.1, 0.15) is 58.4 Å². The summed E-state index contributed by atoms with van der Waals surface area (Å²) in [6.45, 7) is 6.59. The van der Waals surface area contributed by atoms with E-state index in [1.165, 1.54) is 6.08 Å². The molecule has 2 saturated heterocycles. The van der Waals surface area contributed by atoms with E-state index in [-0.39, 0.29) is 41.4 Å². The maximum absolute atomic E-state index is 13.8. The van der Waals surface area contributed by atoms with Crippen LogP contribution in [0.5, 0.6) is 0 Å². The fraction of sp³-hybridized carbons (Fsp3) is 0.586. The van der Waals surface area contributed by atoms with E-state index in [0.717, 1.165) is 37.7 Å². The third kappa shape index (κ3) is 3.92. The number of epoxide rings is 1. The van der Waals surface area contributed by atoms with Crippen LogP contribution in [0, 0.1) is 23.7 Å². The fourth-order valence-corrected chi connectivity index (χ4v) is 6.71. The van der Waals surface area contributed by atoms with E-state index in [0.29, 0.717) is 12.3 Å². The van der Waals surface area contributed by atoms with Gasteiger partial charge in [0.25, 0.3) is 5.91 Å². The Hall–Kier alpha value is -2.40. The number of allylic oxidation sites excluding steroid dienone is 2. The number of benzene rings is 1. The van der Waals surface area contributed by atoms with E-state index in [1.54, 1.807) is 0 Å². The van der Waals surface area contributed by atoms with E-state index in [9.17, 15) is 9.59 Å². The van der Waals surface area contributed by atoms with Gasteiger partial charge in [0.2, 0.25) is 5.60 Å². The molecule has 1 aromatic carbocycles. The van der Waals surface area contributed by atoms with Gasteiger partial charge in [0.15, 0.2) is 0 Å². The van der Waals surface area contributed by atoms with Crippen LogP contribution in [0.3, 0.4) is 0 Å². The zero-order chi connectivity index (χ0) is 23.9. The third-order valence-electron chi connectivity index (χ3n) is 8.77. The Balaban J connectivity index is 1.56. The van der Waals surface area contributed by atoms with Gasteiger partial charge in [-0.3, -0.25) is 4.79 Å². The lowest BCUT2D eigenvalue weighted by Crippen LogP contribution is -2.61. The predicted molar refractivity (Wildman–Crippen MR) is 131 cm³/mol. The molecule has 4 aliphatic rings. The van der Waals surface area contributed by atoms with Gasteiger partial charge in [-0.15, -0.1) is 0 Å². The van der Waals surface area contributed by atoms with Crippen molar-refractivity contribution in [2.24, 2.45) is 23.7 Å². The van der Waals surface area contributed by atoms with Crippen molar-refractivity contribution < 1.29 is 19.1 Å². The van der Waals surface area contributed by atoms with Crippen molar-refractivity contribution in [2.45, 2.75) is 82.6 Å². The highest BCUT2D eigenvalue weighted by Crippen LogP contribution is 2.63. The normalized spacial score (nSPS) is 42.0. The molecule has 5 heteroatoms. The minimum atomic E-state index is -1.26. The number of esters is 1. The minimum absolute atomic E-state index is 0.0596. The Morgan fingerprint density at radius 1 is 1.09 bits per heavy atom. The van der Waals surface area contributed by atoms with Crippen molar-refractivity contribution in [3.8, 4) is 0 Å². The van der Waals surface area contributed by atoms with Crippen LogP contribution < -0.4 is 5.32 Å². The standard InChI is InChI=1S/C29H37NO4/c1-19-12-7-4-5-10-17-24(31)33-29-22(16-11-13-19)26-28(3,34-26)20(2)25(29)23(30-27(29)32)18-21-14-8-6-9-15-21/h6,8-11,14-17,19-20,22-23,25-26H,4-5,7,12-13,18H2,1-3H3,(H,30,32)/t19-,20+,22+,23+,25+,26+,28-,29-/m1/s1. The summed E-state index contributed by atoms with van der Waals surface area (Å²) in [6, 6.07) is 10.1. The highest BCUT2D eigenvalue weighted by molar-refractivity contribution is 5.94. The molecule has 3 heterocycles. The molecule has 0 radical (unpaired) electrons. The lowest BCUT2D eigenvalue weighted by Gasteiger charge is -2.45. The zero-order valence-electron chi connectivity index (χ0n) is 20.5. The molecule has 3 aliphatic heterocycles. The second-order valence-electron chi connectivity index (χ2n) is 11.0. The summed E-state index contributed by atoms with van der Waals surface area (Å²) >= 11 is 0. The molecule has 5 rings (SSSR count). The lowest BCUT2D eigenvalue weighted by atomic mass is 9.59. The molecule has 1 spiro atoms. The first-order chi connectivity index (χ1) is 16.4. The van der Waals surface area contributed by atoms with E-state index in [2.05, 4.69) is 50.4 Å². The minimum Gasteiger partial charge on any atom is -0.445 e. The van der Waals surface area contributed by atoms with Crippen LogP contribution in [-0.2, 0) is 25.5 Å². The van der Waals surface area contributed by atoms with Gasteiger partial charge >= 0.3 is 5.97 Å². The number of carbonyl (C=O) groups excluding carboxylic acids is 2. The van der Waals surface area contributed by atoms with Crippen molar-refractivity contribution in [1.82, 2.24) is 5.32 Å². The molecular formula is C29H37NO4. The van der Waals surface area contributed by atoms with E-state index in [4.69, 9.17) is 9.47 Å². The molecule has 34 heavy (non-hydrogen) atoms. The molecular weight excluding hydrogens is 426 g/mol. The maximum atomic E-state index is 13.8. The highest BCUT2D eigenvalue weighted by atomic mass is 16.6. The number of ether oxygens (including phenoxy) is 2. The van der Waals surface area contributed by atoms with Gasteiger partial charge in [-0.1, -0.05) is 75.2 Å². The second-order valence-corrected chi connectivity index (χ2v) is 11.0.